The molecule has 1 aliphatic rings. The van der Waals surface area contributed by atoms with Crippen LogP contribution in [0.1, 0.15) is 22.0 Å². The molecule has 3 rings (SSSR count). The van der Waals surface area contributed by atoms with E-state index in [1.165, 1.54) is 7.11 Å². The number of carbonyl (C=O) groups excluding carboxylic acids is 1. The molecule has 1 heterocycles. The van der Waals surface area contributed by atoms with Crippen LogP contribution >= 0.6 is 0 Å². The molecule has 1 aliphatic heterocycles. The standard InChI is InChI=1S/C18H18O5/c1-20-12-6-4-11(5-7-12)17-18(22-3)16(19)14-10-13(21-2)8-9-15(14)23-17/h4-10,17-18H,1-3H3. The molecular formula is C18H18O5. The molecule has 0 N–H and O–H groups in total. The number of carbonyl (C=O) groups is 1. The van der Waals surface area contributed by atoms with Crippen LogP contribution in [0.25, 0.3) is 0 Å². The number of benzene rings is 2. The maximum absolute atomic E-state index is 12.7. The van der Waals surface area contributed by atoms with Gasteiger partial charge < -0.3 is 18.9 Å². The average Bonchev–Trinajstić information content (AvgIpc) is 2.61. The predicted molar refractivity (Wildman–Crippen MR) is 84.5 cm³/mol. The van der Waals surface area contributed by atoms with E-state index < -0.39 is 12.2 Å². The lowest BCUT2D eigenvalue weighted by atomic mass is 9.93. The SMILES string of the molecule is COc1ccc(C2Oc3ccc(OC)cc3C(=O)C2OC)cc1. The normalized spacial score (nSPS) is 19.7. The molecule has 5 nitrogen and oxygen atoms in total. The first-order valence-electron chi connectivity index (χ1n) is 7.23. The highest BCUT2D eigenvalue weighted by Crippen LogP contribution is 2.38. The van der Waals surface area contributed by atoms with E-state index in [2.05, 4.69) is 0 Å². The Bertz CT molecular complexity index is 708. The van der Waals surface area contributed by atoms with Crippen molar-refractivity contribution in [2.45, 2.75) is 12.2 Å². The van der Waals surface area contributed by atoms with E-state index in [1.807, 2.05) is 24.3 Å². The molecule has 2 aromatic carbocycles. The Morgan fingerprint density at radius 1 is 0.913 bits per heavy atom. The fraction of sp³-hybridized carbons (Fsp3) is 0.278. The minimum atomic E-state index is -0.706. The van der Waals surface area contributed by atoms with Gasteiger partial charge in [-0.1, -0.05) is 12.1 Å². The second kappa shape index (κ2) is 6.30. The highest BCUT2D eigenvalue weighted by molar-refractivity contribution is 6.03. The van der Waals surface area contributed by atoms with Crippen LogP contribution in [-0.4, -0.2) is 33.2 Å². The Labute approximate surface area is 134 Å². The summed E-state index contributed by atoms with van der Waals surface area (Å²) < 4.78 is 21.8. The molecule has 23 heavy (non-hydrogen) atoms. The Morgan fingerprint density at radius 2 is 1.57 bits per heavy atom. The third kappa shape index (κ3) is 2.75. The topological polar surface area (TPSA) is 54.0 Å². The van der Waals surface area contributed by atoms with Crippen molar-refractivity contribution < 1.29 is 23.7 Å². The molecule has 0 radical (unpaired) electrons. The summed E-state index contributed by atoms with van der Waals surface area (Å²) in [6, 6.07) is 12.6. The van der Waals surface area contributed by atoms with Crippen molar-refractivity contribution in [2.75, 3.05) is 21.3 Å². The molecular weight excluding hydrogens is 296 g/mol. The number of fused-ring (bicyclic) bond motifs is 1. The zero-order chi connectivity index (χ0) is 16.4. The third-order valence-electron chi connectivity index (χ3n) is 3.94. The molecule has 0 aromatic heterocycles. The predicted octanol–water partition coefficient (Wildman–Crippen LogP) is 3.04. The van der Waals surface area contributed by atoms with Gasteiger partial charge in [-0.25, -0.2) is 0 Å². The van der Waals surface area contributed by atoms with Gasteiger partial charge in [0.2, 0.25) is 0 Å². The lowest BCUT2D eigenvalue weighted by molar-refractivity contribution is -0.000672. The monoisotopic (exact) mass is 314 g/mol. The largest absolute Gasteiger partial charge is 0.497 e. The van der Waals surface area contributed by atoms with Crippen molar-refractivity contribution in [3.8, 4) is 17.2 Å². The summed E-state index contributed by atoms with van der Waals surface area (Å²) >= 11 is 0. The lowest BCUT2D eigenvalue weighted by Gasteiger charge is -2.32. The van der Waals surface area contributed by atoms with Crippen molar-refractivity contribution in [3.63, 3.8) is 0 Å². The van der Waals surface area contributed by atoms with E-state index in [0.29, 0.717) is 17.1 Å². The molecule has 2 unspecified atom stereocenters. The van der Waals surface area contributed by atoms with E-state index in [-0.39, 0.29) is 5.78 Å². The molecule has 5 heteroatoms. The van der Waals surface area contributed by atoms with Crippen molar-refractivity contribution in [3.05, 3.63) is 53.6 Å². The minimum Gasteiger partial charge on any atom is -0.497 e. The van der Waals surface area contributed by atoms with E-state index >= 15 is 0 Å². The molecule has 0 fully saturated rings. The van der Waals surface area contributed by atoms with Crippen molar-refractivity contribution in [2.24, 2.45) is 0 Å². The van der Waals surface area contributed by atoms with Crippen LogP contribution < -0.4 is 14.2 Å². The number of rotatable bonds is 4. The van der Waals surface area contributed by atoms with E-state index in [4.69, 9.17) is 18.9 Å². The summed E-state index contributed by atoms with van der Waals surface area (Å²) in [5.74, 6) is 1.77. The lowest BCUT2D eigenvalue weighted by Crippen LogP contribution is -2.37. The molecule has 0 amide bonds. The number of hydrogen-bond acceptors (Lipinski definition) is 5. The summed E-state index contributed by atoms with van der Waals surface area (Å²) in [4.78, 5) is 12.7. The maximum Gasteiger partial charge on any atom is 0.199 e. The number of ketones is 1. The van der Waals surface area contributed by atoms with E-state index in [0.717, 1.165) is 11.3 Å². The fourth-order valence-corrected chi connectivity index (χ4v) is 2.69. The van der Waals surface area contributed by atoms with Crippen molar-refractivity contribution in [1.29, 1.82) is 0 Å². The van der Waals surface area contributed by atoms with Gasteiger partial charge in [-0.3, -0.25) is 4.79 Å². The van der Waals surface area contributed by atoms with Gasteiger partial charge in [-0.2, -0.15) is 0 Å². The van der Waals surface area contributed by atoms with Crippen LogP contribution in [0, 0.1) is 0 Å². The van der Waals surface area contributed by atoms with Crippen molar-refractivity contribution in [1.82, 2.24) is 0 Å². The highest BCUT2D eigenvalue weighted by atomic mass is 16.5. The first kappa shape index (κ1) is 15.4. The summed E-state index contributed by atoms with van der Waals surface area (Å²) in [5, 5.41) is 0. The first-order chi connectivity index (χ1) is 11.2. The molecule has 2 aromatic rings. The minimum absolute atomic E-state index is 0.117. The van der Waals surface area contributed by atoms with Gasteiger partial charge in [0.25, 0.3) is 0 Å². The van der Waals surface area contributed by atoms with Crippen LogP contribution in [0.2, 0.25) is 0 Å². The van der Waals surface area contributed by atoms with Crippen LogP contribution in [0.3, 0.4) is 0 Å². The molecule has 0 aliphatic carbocycles. The van der Waals surface area contributed by atoms with Crippen LogP contribution in [0.15, 0.2) is 42.5 Å². The van der Waals surface area contributed by atoms with Gasteiger partial charge in [0.15, 0.2) is 18.0 Å². The molecule has 0 bridgehead atoms. The molecule has 2 atom stereocenters. The first-order valence-corrected chi connectivity index (χ1v) is 7.23. The molecule has 0 spiro atoms. The van der Waals surface area contributed by atoms with E-state index in [9.17, 15) is 4.79 Å². The zero-order valence-electron chi connectivity index (χ0n) is 13.2. The number of ether oxygens (including phenoxy) is 4. The fourth-order valence-electron chi connectivity index (χ4n) is 2.69. The van der Waals surface area contributed by atoms with Gasteiger partial charge in [0, 0.05) is 7.11 Å². The number of hydrogen-bond donors (Lipinski definition) is 0. The highest BCUT2D eigenvalue weighted by Gasteiger charge is 2.38. The van der Waals surface area contributed by atoms with Gasteiger partial charge in [-0.15, -0.1) is 0 Å². The van der Waals surface area contributed by atoms with Gasteiger partial charge in [-0.05, 0) is 35.9 Å². The quantitative estimate of drug-likeness (QED) is 0.868. The molecule has 0 saturated carbocycles. The smallest absolute Gasteiger partial charge is 0.199 e. The van der Waals surface area contributed by atoms with Gasteiger partial charge >= 0.3 is 0 Å². The van der Waals surface area contributed by atoms with E-state index in [1.54, 1.807) is 32.4 Å². The van der Waals surface area contributed by atoms with Gasteiger partial charge in [0.05, 0.1) is 19.8 Å². The zero-order valence-corrected chi connectivity index (χ0v) is 13.2. The Morgan fingerprint density at radius 3 is 2.17 bits per heavy atom. The third-order valence-corrected chi connectivity index (χ3v) is 3.94. The van der Waals surface area contributed by atoms with Crippen molar-refractivity contribution >= 4 is 5.78 Å². The molecule has 0 saturated heterocycles. The Balaban J connectivity index is 1.99. The Hall–Kier alpha value is -2.53. The van der Waals surface area contributed by atoms with Crippen LogP contribution in [0.5, 0.6) is 17.2 Å². The second-order valence-electron chi connectivity index (χ2n) is 5.19. The van der Waals surface area contributed by atoms with Crippen LogP contribution in [0.4, 0.5) is 0 Å². The summed E-state index contributed by atoms with van der Waals surface area (Å²) in [6.07, 6.45) is -1.21. The second-order valence-corrected chi connectivity index (χ2v) is 5.19. The molecule has 120 valence electrons. The van der Waals surface area contributed by atoms with Gasteiger partial charge in [0.1, 0.15) is 17.2 Å². The summed E-state index contributed by atoms with van der Waals surface area (Å²) in [6.45, 7) is 0. The maximum atomic E-state index is 12.7. The number of methoxy groups -OCH3 is 3. The van der Waals surface area contributed by atoms with Crippen LogP contribution in [-0.2, 0) is 4.74 Å². The number of Topliss-reactive ketones (excluding diaryl/α,β-unsaturated/α-hetero) is 1. The average molecular weight is 314 g/mol. The summed E-state index contributed by atoms with van der Waals surface area (Å²) in [7, 11) is 4.68. The summed E-state index contributed by atoms with van der Waals surface area (Å²) in [5.41, 5.74) is 1.33. The Kier molecular flexibility index (Phi) is 4.21.